The lowest BCUT2D eigenvalue weighted by atomic mass is 10.1. The van der Waals surface area contributed by atoms with Gasteiger partial charge in [0.25, 0.3) is 0 Å². The van der Waals surface area contributed by atoms with Crippen LogP contribution in [-0.4, -0.2) is 12.0 Å². The van der Waals surface area contributed by atoms with Crippen LogP contribution >= 0.6 is 0 Å². The first-order valence-electron chi connectivity index (χ1n) is 7.03. The Kier molecular flexibility index (Phi) is 32.2. The lowest BCUT2D eigenvalue weighted by molar-refractivity contribution is 0.624. The van der Waals surface area contributed by atoms with Gasteiger partial charge in [0.1, 0.15) is 0 Å². The van der Waals surface area contributed by atoms with Crippen LogP contribution in [-0.2, 0) is 0 Å². The van der Waals surface area contributed by atoms with E-state index >= 15 is 0 Å². The Morgan fingerprint density at radius 1 is 0.562 bits per heavy atom. The van der Waals surface area contributed by atoms with Crippen molar-refractivity contribution in [2.75, 3.05) is 6.54 Å². The summed E-state index contributed by atoms with van der Waals surface area (Å²) in [4.78, 5) is 0. The highest BCUT2D eigenvalue weighted by atomic mass is 16.0. The fraction of sp³-hybridized carbons (Fsp3) is 1.00. The Bertz CT molecular complexity index is 76.8. The van der Waals surface area contributed by atoms with E-state index < -0.39 is 0 Å². The molecule has 0 bridgehead atoms. The van der Waals surface area contributed by atoms with Gasteiger partial charge in [-0.25, -0.2) is 0 Å². The van der Waals surface area contributed by atoms with Gasteiger partial charge in [-0.05, 0) is 13.0 Å². The monoisotopic (exact) mass is 233 g/mol. The number of rotatable bonds is 9. The summed E-state index contributed by atoms with van der Waals surface area (Å²) < 4.78 is 0. The molecule has 0 rings (SSSR count). The van der Waals surface area contributed by atoms with E-state index in [0.29, 0.717) is 0 Å². The third-order valence-electron chi connectivity index (χ3n) is 2.51. The van der Waals surface area contributed by atoms with Crippen molar-refractivity contribution in [1.82, 2.24) is 0 Å². The second-order valence-corrected chi connectivity index (χ2v) is 4.26. The molecule has 2 heteroatoms. The van der Waals surface area contributed by atoms with E-state index in [1.807, 2.05) is 0 Å². The molecule has 2 nitrogen and oxygen atoms in total. The molecule has 0 aliphatic heterocycles. The summed E-state index contributed by atoms with van der Waals surface area (Å²) in [7, 11) is 0. The maximum absolute atomic E-state index is 5.27. The van der Waals surface area contributed by atoms with E-state index in [4.69, 9.17) is 5.73 Å². The maximum atomic E-state index is 5.27. The van der Waals surface area contributed by atoms with Crippen LogP contribution in [0.15, 0.2) is 0 Å². The van der Waals surface area contributed by atoms with Gasteiger partial charge in [0.2, 0.25) is 0 Å². The third-order valence-corrected chi connectivity index (χ3v) is 2.51. The molecule has 0 atom stereocenters. The normalized spacial score (nSPS) is 9.00. The Hall–Kier alpha value is -0.0800. The zero-order chi connectivity index (χ0) is 11.8. The standard InChI is InChI=1S/C8H18.C6H15N.H2O/c1-3-5-7-8-6-4-2;1-2-3-4-5-6-7;/h3-8H2,1-2H3;2-7H2,1H3;1H2. The number of hydrogen-bond acceptors (Lipinski definition) is 1. The molecule has 16 heavy (non-hydrogen) atoms. The Morgan fingerprint density at radius 2 is 0.875 bits per heavy atom. The SMILES string of the molecule is CCCCCCCC.CCCCCCN.O. The van der Waals surface area contributed by atoms with Gasteiger partial charge in [0.05, 0.1) is 0 Å². The number of nitrogens with two attached hydrogens (primary N) is 1. The first-order chi connectivity index (χ1) is 7.33. The minimum absolute atomic E-state index is 0. The van der Waals surface area contributed by atoms with Crippen molar-refractivity contribution in [1.29, 1.82) is 0 Å². The molecule has 4 N–H and O–H groups in total. The highest BCUT2D eigenvalue weighted by Gasteiger charge is 1.83. The number of hydrogen-bond donors (Lipinski definition) is 1. The number of unbranched alkanes of at least 4 members (excludes halogenated alkanes) is 8. The van der Waals surface area contributed by atoms with E-state index in [0.717, 1.165) is 6.54 Å². The average molecular weight is 233 g/mol. The minimum Gasteiger partial charge on any atom is -0.412 e. The van der Waals surface area contributed by atoms with Crippen LogP contribution in [0, 0.1) is 0 Å². The van der Waals surface area contributed by atoms with Gasteiger partial charge in [-0.1, -0.05) is 78.6 Å². The van der Waals surface area contributed by atoms with Crippen molar-refractivity contribution in [3.05, 3.63) is 0 Å². The maximum Gasteiger partial charge on any atom is -0.00773 e. The molecule has 0 aliphatic rings. The Balaban J connectivity index is -0.000000200. The lowest BCUT2D eigenvalue weighted by Gasteiger charge is -1.93. The van der Waals surface area contributed by atoms with Crippen LogP contribution < -0.4 is 5.73 Å². The first kappa shape index (κ1) is 21.2. The van der Waals surface area contributed by atoms with E-state index in [9.17, 15) is 0 Å². The zero-order valence-corrected chi connectivity index (χ0v) is 11.9. The fourth-order valence-corrected chi connectivity index (χ4v) is 1.42. The van der Waals surface area contributed by atoms with Crippen LogP contribution in [0.2, 0.25) is 0 Å². The smallest absolute Gasteiger partial charge is 0.00773 e. The van der Waals surface area contributed by atoms with E-state index in [1.54, 1.807) is 0 Å². The van der Waals surface area contributed by atoms with Crippen molar-refractivity contribution < 1.29 is 5.48 Å². The van der Waals surface area contributed by atoms with Crippen molar-refractivity contribution in [2.45, 2.75) is 85.0 Å². The summed E-state index contributed by atoms with van der Waals surface area (Å²) in [6, 6.07) is 0. The van der Waals surface area contributed by atoms with Gasteiger partial charge in [-0.15, -0.1) is 0 Å². The molecular formula is C14H35NO. The van der Waals surface area contributed by atoms with Crippen molar-refractivity contribution in [3.63, 3.8) is 0 Å². The summed E-state index contributed by atoms with van der Waals surface area (Å²) in [5.74, 6) is 0. The molecule has 0 amide bonds. The summed E-state index contributed by atoms with van der Waals surface area (Å²) in [5.41, 5.74) is 5.27. The molecule has 0 fully saturated rings. The first-order valence-corrected chi connectivity index (χ1v) is 7.03. The van der Waals surface area contributed by atoms with E-state index in [2.05, 4.69) is 20.8 Å². The molecule has 0 aromatic carbocycles. The van der Waals surface area contributed by atoms with Crippen LogP contribution in [0.3, 0.4) is 0 Å². The molecular weight excluding hydrogens is 198 g/mol. The van der Waals surface area contributed by atoms with Gasteiger partial charge in [0.15, 0.2) is 0 Å². The molecule has 0 radical (unpaired) electrons. The van der Waals surface area contributed by atoms with Gasteiger partial charge < -0.3 is 11.2 Å². The molecule has 0 saturated carbocycles. The largest absolute Gasteiger partial charge is 0.412 e. The predicted molar refractivity (Wildman–Crippen MR) is 75.9 cm³/mol. The van der Waals surface area contributed by atoms with Crippen molar-refractivity contribution in [3.8, 4) is 0 Å². The summed E-state index contributed by atoms with van der Waals surface area (Å²) in [6.45, 7) is 7.58. The summed E-state index contributed by atoms with van der Waals surface area (Å²) >= 11 is 0. The molecule has 0 aliphatic carbocycles. The van der Waals surface area contributed by atoms with Gasteiger partial charge in [-0.3, -0.25) is 0 Å². The summed E-state index contributed by atoms with van der Waals surface area (Å²) in [5, 5.41) is 0. The Morgan fingerprint density at radius 3 is 1.12 bits per heavy atom. The van der Waals surface area contributed by atoms with Crippen LogP contribution in [0.25, 0.3) is 0 Å². The van der Waals surface area contributed by atoms with Crippen molar-refractivity contribution in [2.24, 2.45) is 5.73 Å². The molecule has 0 aromatic heterocycles. The molecule has 0 spiro atoms. The van der Waals surface area contributed by atoms with Gasteiger partial charge in [0, 0.05) is 0 Å². The van der Waals surface area contributed by atoms with E-state index in [1.165, 1.54) is 64.2 Å². The zero-order valence-electron chi connectivity index (χ0n) is 11.9. The van der Waals surface area contributed by atoms with Crippen molar-refractivity contribution >= 4 is 0 Å². The average Bonchev–Trinajstić information content (AvgIpc) is 2.26. The minimum atomic E-state index is 0. The molecule has 0 aromatic rings. The van der Waals surface area contributed by atoms with Gasteiger partial charge in [-0.2, -0.15) is 0 Å². The Labute approximate surface area is 103 Å². The summed E-state index contributed by atoms with van der Waals surface area (Å²) in [6.07, 6.45) is 13.7. The predicted octanol–water partition coefficient (Wildman–Crippen LogP) is 4.07. The quantitative estimate of drug-likeness (QED) is 0.600. The molecule has 0 unspecified atom stereocenters. The highest BCUT2D eigenvalue weighted by molar-refractivity contribution is 4.39. The molecule has 102 valence electrons. The van der Waals surface area contributed by atoms with Crippen LogP contribution in [0.5, 0.6) is 0 Å². The topological polar surface area (TPSA) is 57.5 Å². The van der Waals surface area contributed by atoms with E-state index in [-0.39, 0.29) is 5.48 Å². The fourth-order valence-electron chi connectivity index (χ4n) is 1.42. The second-order valence-electron chi connectivity index (χ2n) is 4.26. The molecule has 0 saturated heterocycles. The highest BCUT2D eigenvalue weighted by Crippen LogP contribution is 2.03. The third kappa shape index (κ3) is 29.2. The van der Waals surface area contributed by atoms with Crippen LogP contribution in [0.4, 0.5) is 0 Å². The second kappa shape index (κ2) is 24.2. The molecule has 0 heterocycles. The lowest BCUT2D eigenvalue weighted by Crippen LogP contribution is -1.97. The van der Waals surface area contributed by atoms with Crippen LogP contribution in [0.1, 0.15) is 85.0 Å². The van der Waals surface area contributed by atoms with Gasteiger partial charge >= 0.3 is 0 Å².